The summed E-state index contributed by atoms with van der Waals surface area (Å²) >= 11 is 0. The number of nitrogens with zero attached hydrogens (tertiary/aromatic N) is 1. The molecule has 1 saturated carbocycles. The van der Waals surface area contributed by atoms with Crippen molar-refractivity contribution in [3.63, 3.8) is 0 Å². The van der Waals surface area contributed by atoms with Crippen LogP contribution >= 0.6 is 0 Å². The van der Waals surface area contributed by atoms with Gasteiger partial charge in [-0.2, -0.15) is 0 Å². The van der Waals surface area contributed by atoms with Crippen molar-refractivity contribution in [3.8, 4) is 5.75 Å². The Hall–Kier alpha value is -1.55. The summed E-state index contributed by atoms with van der Waals surface area (Å²) in [6, 6.07) is 7.79. The van der Waals surface area contributed by atoms with Gasteiger partial charge in [0.05, 0.1) is 6.42 Å². The lowest BCUT2D eigenvalue weighted by molar-refractivity contribution is -0.137. The summed E-state index contributed by atoms with van der Waals surface area (Å²) in [7, 11) is 0. The molecule has 98 valence electrons. The SMILES string of the molecule is CC(c1ccccc1O)N(CCC(=O)O)C1CC1. The quantitative estimate of drug-likeness (QED) is 0.812. The molecule has 1 aromatic rings. The Labute approximate surface area is 107 Å². The van der Waals surface area contributed by atoms with Gasteiger partial charge in [0.15, 0.2) is 0 Å². The molecule has 1 aromatic carbocycles. The summed E-state index contributed by atoms with van der Waals surface area (Å²) in [5.74, 6) is -0.490. The van der Waals surface area contributed by atoms with Crippen LogP contribution in [0.25, 0.3) is 0 Å². The summed E-state index contributed by atoms with van der Waals surface area (Å²) in [5, 5.41) is 18.7. The van der Waals surface area contributed by atoms with E-state index in [2.05, 4.69) is 4.90 Å². The number of phenols is 1. The summed E-state index contributed by atoms with van der Waals surface area (Å²) in [6.45, 7) is 2.56. The largest absolute Gasteiger partial charge is 0.508 e. The van der Waals surface area contributed by atoms with Crippen LogP contribution < -0.4 is 0 Å². The molecule has 4 nitrogen and oxygen atoms in total. The number of aliphatic carboxylic acids is 1. The van der Waals surface area contributed by atoms with Gasteiger partial charge >= 0.3 is 5.97 Å². The molecule has 1 atom stereocenters. The number of rotatable bonds is 6. The number of hydrogen-bond donors (Lipinski definition) is 2. The van der Waals surface area contributed by atoms with Gasteiger partial charge in [-0.1, -0.05) is 18.2 Å². The number of para-hydroxylation sites is 1. The maximum atomic E-state index is 10.7. The molecule has 0 bridgehead atoms. The van der Waals surface area contributed by atoms with Crippen LogP contribution in [-0.2, 0) is 4.79 Å². The van der Waals surface area contributed by atoms with Gasteiger partial charge < -0.3 is 10.2 Å². The van der Waals surface area contributed by atoms with E-state index in [0.717, 1.165) is 18.4 Å². The van der Waals surface area contributed by atoms with Gasteiger partial charge in [-0.25, -0.2) is 0 Å². The van der Waals surface area contributed by atoms with Crippen molar-refractivity contribution in [3.05, 3.63) is 29.8 Å². The molecule has 2 N–H and O–H groups in total. The number of carboxylic acids is 1. The van der Waals surface area contributed by atoms with E-state index in [0.29, 0.717) is 12.6 Å². The third kappa shape index (κ3) is 3.01. The highest BCUT2D eigenvalue weighted by Crippen LogP contribution is 2.36. The lowest BCUT2D eigenvalue weighted by Gasteiger charge is -2.29. The number of carboxylic acid groups (broad SMARTS) is 1. The van der Waals surface area contributed by atoms with E-state index < -0.39 is 5.97 Å². The molecular weight excluding hydrogens is 230 g/mol. The molecular formula is C14H19NO3. The second kappa shape index (κ2) is 5.40. The van der Waals surface area contributed by atoms with E-state index in [4.69, 9.17) is 5.11 Å². The number of phenolic OH excluding ortho intramolecular Hbond substituents is 1. The van der Waals surface area contributed by atoms with Crippen LogP contribution in [0.5, 0.6) is 5.75 Å². The van der Waals surface area contributed by atoms with Gasteiger partial charge in [0, 0.05) is 24.2 Å². The fraction of sp³-hybridized carbons (Fsp3) is 0.500. The first-order valence-electron chi connectivity index (χ1n) is 6.35. The Morgan fingerprint density at radius 3 is 2.67 bits per heavy atom. The molecule has 1 unspecified atom stereocenters. The van der Waals surface area contributed by atoms with Crippen molar-refractivity contribution in [2.24, 2.45) is 0 Å². The molecule has 0 amide bonds. The van der Waals surface area contributed by atoms with Crippen molar-refractivity contribution < 1.29 is 15.0 Å². The molecule has 0 saturated heterocycles. The highest BCUT2D eigenvalue weighted by atomic mass is 16.4. The second-order valence-electron chi connectivity index (χ2n) is 4.85. The Morgan fingerprint density at radius 2 is 2.11 bits per heavy atom. The third-order valence-electron chi connectivity index (χ3n) is 3.48. The molecule has 4 heteroatoms. The van der Waals surface area contributed by atoms with Crippen LogP contribution in [0.4, 0.5) is 0 Å². The summed E-state index contributed by atoms with van der Waals surface area (Å²) in [6.07, 6.45) is 2.39. The van der Waals surface area contributed by atoms with E-state index in [-0.39, 0.29) is 18.2 Å². The Kier molecular flexibility index (Phi) is 3.87. The Bertz CT molecular complexity index is 429. The smallest absolute Gasteiger partial charge is 0.304 e. The number of benzene rings is 1. The van der Waals surface area contributed by atoms with Crippen LogP contribution in [-0.4, -0.2) is 33.7 Å². The minimum atomic E-state index is -0.773. The first-order chi connectivity index (χ1) is 8.59. The maximum Gasteiger partial charge on any atom is 0.304 e. The Balaban J connectivity index is 2.10. The molecule has 1 aliphatic rings. The van der Waals surface area contributed by atoms with Crippen molar-refractivity contribution in [1.82, 2.24) is 4.90 Å². The number of hydrogen-bond acceptors (Lipinski definition) is 3. The highest BCUT2D eigenvalue weighted by molar-refractivity contribution is 5.66. The average molecular weight is 249 g/mol. The van der Waals surface area contributed by atoms with E-state index in [1.54, 1.807) is 12.1 Å². The monoisotopic (exact) mass is 249 g/mol. The number of aromatic hydroxyl groups is 1. The molecule has 0 aliphatic heterocycles. The predicted molar refractivity (Wildman–Crippen MR) is 68.5 cm³/mol. The van der Waals surface area contributed by atoms with Gasteiger partial charge in [-0.3, -0.25) is 9.69 Å². The zero-order valence-electron chi connectivity index (χ0n) is 10.5. The fourth-order valence-electron chi connectivity index (χ4n) is 2.34. The van der Waals surface area contributed by atoms with Gasteiger partial charge in [0.1, 0.15) is 5.75 Å². The third-order valence-corrected chi connectivity index (χ3v) is 3.48. The van der Waals surface area contributed by atoms with Crippen LogP contribution in [0.15, 0.2) is 24.3 Å². The lowest BCUT2D eigenvalue weighted by Crippen LogP contribution is -2.31. The maximum absolute atomic E-state index is 10.7. The van der Waals surface area contributed by atoms with Crippen molar-refractivity contribution >= 4 is 5.97 Å². The molecule has 2 rings (SSSR count). The van der Waals surface area contributed by atoms with Crippen LogP contribution in [0, 0.1) is 0 Å². The molecule has 0 heterocycles. The molecule has 0 radical (unpaired) electrons. The van der Waals surface area contributed by atoms with Crippen LogP contribution in [0.2, 0.25) is 0 Å². The summed E-state index contributed by atoms with van der Waals surface area (Å²) in [5.41, 5.74) is 0.870. The molecule has 1 fully saturated rings. The van der Waals surface area contributed by atoms with E-state index in [1.807, 2.05) is 19.1 Å². The first kappa shape index (κ1) is 12.9. The topological polar surface area (TPSA) is 60.8 Å². The normalized spacial score (nSPS) is 16.8. The highest BCUT2D eigenvalue weighted by Gasteiger charge is 2.33. The van der Waals surface area contributed by atoms with Gasteiger partial charge in [0.25, 0.3) is 0 Å². The summed E-state index contributed by atoms with van der Waals surface area (Å²) < 4.78 is 0. The molecule has 0 spiro atoms. The van der Waals surface area contributed by atoms with Crippen molar-refractivity contribution in [2.45, 2.75) is 38.3 Å². The van der Waals surface area contributed by atoms with Crippen molar-refractivity contribution in [2.75, 3.05) is 6.54 Å². The second-order valence-corrected chi connectivity index (χ2v) is 4.85. The predicted octanol–water partition coefficient (Wildman–Crippen LogP) is 2.39. The van der Waals surface area contributed by atoms with E-state index in [1.165, 1.54) is 0 Å². The fourth-order valence-corrected chi connectivity index (χ4v) is 2.34. The minimum Gasteiger partial charge on any atom is -0.508 e. The van der Waals surface area contributed by atoms with Crippen LogP contribution in [0.1, 0.15) is 37.8 Å². The van der Waals surface area contributed by atoms with E-state index >= 15 is 0 Å². The molecule has 1 aliphatic carbocycles. The molecule has 0 aromatic heterocycles. The minimum absolute atomic E-state index is 0.0537. The van der Waals surface area contributed by atoms with E-state index in [9.17, 15) is 9.90 Å². The van der Waals surface area contributed by atoms with Gasteiger partial charge in [0.2, 0.25) is 0 Å². The molecule has 18 heavy (non-hydrogen) atoms. The lowest BCUT2D eigenvalue weighted by atomic mass is 10.1. The Morgan fingerprint density at radius 1 is 1.44 bits per heavy atom. The van der Waals surface area contributed by atoms with Gasteiger partial charge in [-0.15, -0.1) is 0 Å². The first-order valence-corrected chi connectivity index (χ1v) is 6.35. The zero-order valence-corrected chi connectivity index (χ0v) is 10.5. The van der Waals surface area contributed by atoms with Crippen molar-refractivity contribution in [1.29, 1.82) is 0 Å². The summed E-state index contributed by atoms with van der Waals surface area (Å²) in [4.78, 5) is 12.9. The zero-order chi connectivity index (χ0) is 13.1. The number of carbonyl (C=O) groups is 1. The standard InChI is InChI=1S/C14H19NO3/c1-10(12-4-2-3-5-13(12)16)15(11-6-7-11)9-8-14(17)18/h2-5,10-11,16H,6-9H2,1H3,(H,17,18). The van der Waals surface area contributed by atoms with Crippen LogP contribution in [0.3, 0.4) is 0 Å². The average Bonchev–Trinajstić information content (AvgIpc) is 3.13. The van der Waals surface area contributed by atoms with Gasteiger partial charge in [-0.05, 0) is 25.8 Å².